The number of hydrogen-bond donors (Lipinski definition) is 1. The number of nitrogens with zero attached hydrogens (tertiary/aromatic N) is 2. The van der Waals surface area contributed by atoms with E-state index in [4.69, 9.17) is 9.41 Å². The second kappa shape index (κ2) is 15.8. The number of fused-ring (bicyclic) bond motifs is 5. The van der Waals surface area contributed by atoms with E-state index in [1.165, 1.54) is 21.5 Å². The quantitative estimate of drug-likeness (QED) is 0.166. The highest BCUT2D eigenvalue weighted by Crippen LogP contribution is 2.46. The predicted octanol–water partition coefficient (Wildman–Crippen LogP) is 15.8. The Bertz CT molecular complexity index is 3600. The number of allylic oxidation sites excluding steroid dienone is 1. The zero-order chi connectivity index (χ0) is 42.4. The molecule has 0 spiro atoms. The third-order valence-electron chi connectivity index (χ3n) is 12.5. The van der Waals surface area contributed by atoms with Crippen LogP contribution in [0.25, 0.3) is 71.4 Å². The molecule has 11 aromatic rings. The molecule has 4 heteroatoms. The first-order valence-corrected chi connectivity index (χ1v) is 21.8. The normalized spacial score (nSPS) is 13.8. The molecule has 12 rings (SSSR count). The topological polar surface area (TPSA) is 40.8 Å². The lowest BCUT2D eigenvalue weighted by atomic mass is 9.95. The Morgan fingerprint density at radius 2 is 1.08 bits per heavy atom. The van der Waals surface area contributed by atoms with Crippen LogP contribution in [0, 0.1) is 0 Å². The lowest BCUT2D eigenvalue weighted by Crippen LogP contribution is -2.24. The van der Waals surface area contributed by atoms with Gasteiger partial charge in [0.15, 0.2) is 0 Å². The molecule has 10 aromatic carbocycles. The van der Waals surface area contributed by atoms with E-state index < -0.39 is 0 Å². The van der Waals surface area contributed by atoms with Gasteiger partial charge in [0.25, 0.3) is 0 Å². The Hall–Kier alpha value is -8.47. The molecule has 0 aliphatic carbocycles. The summed E-state index contributed by atoms with van der Waals surface area (Å²) in [5.74, 6) is 0. The Kier molecular flexibility index (Phi) is 9.19. The van der Waals surface area contributed by atoms with Gasteiger partial charge in [-0.25, -0.2) is 0 Å². The number of aliphatic imine (C=N–C) groups is 1. The Morgan fingerprint density at radius 1 is 0.422 bits per heavy atom. The largest absolute Gasteiger partial charge is 0.456 e. The van der Waals surface area contributed by atoms with Crippen LogP contribution in [-0.2, 0) is 0 Å². The van der Waals surface area contributed by atoms with Crippen LogP contribution < -0.4 is 10.2 Å². The van der Waals surface area contributed by atoms with Gasteiger partial charge in [-0.1, -0.05) is 182 Å². The standard InChI is InChI=1S/C60H41N3O/c1-3-18-42(19-4-1)53-39-54(43-20-5-2-6-21-43)62-60(61-53)47-25-13-24-45(36-47)51-28-15-31-57-59(51)52-35-33-46(38-58(52)64-57)50-27-11-12-29-55(50)63(48-34-32-40-16-7-8-22-44(40)37-48)56-30-14-23-41-17-9-10-26-49(41)56/h1-39,60-61H. The minimum absolute atomic E-state index is 0.277. The van der Waals surface area contributed by atoms with Gasteiger partial charge in [0, 0.05) is 33.1 Å². The molecular weight excluding hydrogens is 779 g/mol. The van der Waals surface area contributed by atoms with Gasteiger partial charge in [-0.05, 0) is 104 Å². The predicted molar refractivity (Wildman–Crippen MR) is 268 cm³/mol. The van der Waals surface area contributed by atoms with Gasteiger partial charge < -0.3 is 14.6 Å². The van der Waals surface area contributed by atoms with Crippen molar-refractivity contribution in [2.75, 3.05) is 4.90 Å². The van der Waals surface area contributed by atoms with Gasteiger partial charge in [0.1, 0.15) is 17.3 Å². The lowest BCUT2D eigenvalue weighted by Gasteiger charge is -2.29. The van der Waals surface area contributed by atoms with E-state index >= 15 is 0 Å². The summed E-state index contributed by atoms with van der Waals surface area (Å²) in [6.07, 6.45) is 1.88. The molecule has 2 heterocycles. The minimum atomic E-state index is -0.277. The maximum absolute atomic E-state index is 6.77. The molecule has 302 valence electrons. The molecule has 4 nitrogen and oxygen atoms in total. The molecule has 0 bridgehead atoms. The summed E-state index contributed by atoms with van der Waals surface area (Å²) in [6.45, 7) is 0. The molecule has 1 aliphatic rings. The third kappa shape index (κ3) is 6.70. The molecule has 0 saturated carbocycles. The van der Waals surface area contributed by atoms with Crippen molar-refractivity contribution in [2.45, 2.75) is 6.17 Å². The molecule has 1 aliphatic heterocycles. The Balaban J connectivity index is 0.954. The molecule has 1 aromatic heterocycles. The van der Waals surface area contributed by atoms with Crippen LogP contribution in [0.5, 0.6) is 0 Å². The fourth-order valence-corrected chi connectivity index (χ4v) is 9.39. The molecule has 64 heavy (non-hydrogen) atoms. The van der Waals surface area contributed by atoms with Gasteiger partial charge in [0.05, 0.1) is 17.1 Å². The van der Waals surface area contributed by atoms with Crippen molar-refractivity contribution in [3.05, 3.63) is 253 Å². The van der Waals surface area contributed by atoms with E-state index in [1.807, 2.05) is 12.1 Å². The highest BCUT2D eigenvalue weighted by molar-refractivity contribution is 6.14. The summed E-state index contributed by atoms with van der Waals surface area (Å²) in [7, 11) is 0. The van der Waals surface area contributed by atoms with Crippen LogP contribution in [0.1, 0.15) is 22.9 Å². The second-order valence-electron chi connectivity index (χ2n) is 16.4. The van der Waals surface area contributed by atoms with Crippen molar-refractivity contribution >= 4 is 72.0 Å². The number of furan rings is 1. The smallest absolute Gasteiger partial charge is 0.145 e. The first-order valence-electron chi connectivity index (χ1n) is 21.8. The number of hydrogen-bond acceptors (Lipinski definition) is 4. The molecule has 0 radical (unpaired) electrons. The lowest BCUT2D eigenvalue weighted by molar-refractivity contribution is 0.664. The molecule has 0 fully saturated rings. The summed E-state index contributed by atoms with van der Waals surface area (Å²) in [5.41, 5.74) is 14.7. The molecular formula is C60H41N3O. The van der Waals surface area contributed by atoms with Crippen molar-refractivity contribution in [3.8, 4) is 22.3 Å². The van der Waals surface area contributed by atoms with Gasteiger partial charge in [-0.15, -0.1) is 0 Å². The summed E-state index contributed by atoms with van der Waals surface area (Å²) in [5, 5.41) is 10.7. The van der Waals surface area contributed by atoms with Gasteiger partial charge in [-0.3, -0.25) is 4.99 Å². The number of benzene rings is 10. The summed E-state index contributed by atoms with van der Waals surface area (Å²) in [6, 6.07) is 81.9. The maximum atomic E-state index is 6.77. The van der Waals surface area contributed by atoms with Crippen molar-refractivity contribution in [1.82, 2.24) is 5.32 Å². The van der Waals surface area contributed by atoms with E-state index in [1.54, 1.807) is 0 Å². The second-order valence-corrected chi connectivity index (χ2v) is 16.4. The van der Waals surface area contributed by atoms with Gasteiger partial charge >= 0.3 is 0 Å². The fourth-order valence-electron chi connectivity index (χ4n) is 9.39. The highest BCUT2D eigenvalue weighted by Gasteiger charge is 2.23. The van der Waals surface area contributed by atoms with Crippen LogP contribution in [-0.4, -0.2) is 5.71 Å². The Morgan fingerprint density at radius 3 is 1.95 bits per heavy atom. The fraction of sp³-hybridized carbons (Fsp3) is 0.0167. The van der Waals surface area contributed by atoms with Crippen LogP contribution in [0.15, 0.2) is 246 Å². The number of anilines is 3. The van der Waals surface area contributed by atoms with Gasteiger partial charge in [-0.2, -0.15) is 0 Å². The van der Waals surface area contributed by atoms with Crippen LogP contribution >= 0.6 is 0 Å². The van der Waals surface area contributed by atoms with Crippen LogP contribution in [0.3, 0.4) is 0 Å². The zero-order valence-corrected chi connectivity index (χ0v) is 34.9. The van der Waals surface area contributed by atoms with Crippen LogP contribution in [0.4, 0.5) is 17.1 Å². The van der Waals surface area contributed by atoms with Crippen molar-refractivity contribution in [1.29, 1.82) is 0 Å². The zero-order valence-electron chi connectivity index (χ0n) is 34.9. The monoisotopic (exact) mass is 819 g/mol. The molecule has 1 N–H and O–H groups in total. The van der Waals surface area contributed by atoms with Crippen LogP contribution in [0.2, 0.25) is 0 Å². The Labute approximate surface area is 371 Å². The SMILES string of the molecule is C1=C(c2ccccc2)NC(c2cccc(-c3cccc4oc5cc(-c6ccccc6N(c6ccc7ccccc7c6)c6cccc7ccccc67)ccc5c34)c2)N=C1c1ccccc1. The number of para-hydroxylation sites is 1. The average Bonchev–Trinajstić information content (AvgIpc) is 3.75. The highest BCUT2D eigenvalue weighted by atomic mass is 16.3. The first kappa shape index (κ1) is 37.3. The van der Waals surface area contributed by atoms with E-state index in [2.05, 4.69) is 235 Å². The first-order chi connectivity index (χ1) is 31.7. The summed E-state index contributed by atoms with van der Waals surface area (Å²) < 4.78 is 6.77. The van der Waals surface area contributed by atoms with E-state index in [0.717, 1.165) is 89.4 Å². The molecule has 0 amide bonds. The van der Waals surface area contributed by atoms with E-state index in [-0.39, 0.29) is 6.17 Å². The summed E-state index contributed by atoms with van der Waals surface area (Å²) >= 11 is 0. The third-order valence-corrected chi connectivity index (χ3v) is 12.5. The van der Waals surface area contributed by atoms with Crippen molar-refractivity contribution in [2.24, 2.45) is 4.99 Å². The maximum Gasteiger partial charge on any atom is 0.145 e. The minimum Gasteiger partial charge on any atom is -0.456 e. The summed E-state index contributed by atoms with van der Waals surface area (Å²) in [4.78, 5) is 7.67. The van der Waals surface area contributed by atoms with E-state index in [9.17, 15) is 0 Å². The van der Waals surface area contributed by atoms with E-state index in [0.29, 0.717) is 0 Å². The molecule has 1 unspecified atom stereocenters. The molecule has 0 saturated heterocycles. The average molecular weight is 820 g/mol. The van der Waals surface area contributed by atoms with Gasteiger partial charge in [0.2, 0.25) is 0 Å². The number of rotatable bonds is 8. The molecule has 1 atom stereocenters. The van der Waals surface area contributed by atoms with Crippen molar-refractivity contribution < 1.29 is 4.42 Å². The van der Waals surface area contributed by atoms with Crippen molar-refractivity contribution in [3.63, 3.8) is 0 Å². The number of nitrogens with one attached hydrogen (secondary N) is 1.